The van der Waals surface area contributed by atoms with Crippen molar-refractivity contribution in [2.24, 2.45) is 0 Å². The third-order valence-electron chi connectivity index (χ3n) is 4.66. The van der Waals surface area contributed by atoms with Crippen LogP contribution >= 0.6 is 11.8 Å². The fourth-order valence-electron chi connectivity index (χ4n) is 3.52. The highest BCUT2D eigenvalue weighted by Crippen LogP contribution is 2.30. The summed E-state index contributed by atoms with van der Waals surface area (Å²) in [5, 5.41) is 15.8. The number of carbonyl (C=O) groups is 1. The van der Waals surface area contributed by atoms with E-state index >= 15 is 0 Å². The zero-order valence-electron chi connectivity index (χ0n) is 15.1. The van der Waals surface area contributed by atoms with Gasteiger partial charge >= 0.3 is 0 Å². The number of hydrogen-bond acceptors (Lipinski definition) is 5. The van der Waals surface area contributed by atoms with Crippen LogP contribution in [-0.4, -0.2) is 31.9 Å². The molecule has 1 amide bonds. The Kier molecular flexibility index (Phi) is 5.73. The SMILES string of the molecule is Cc1cc(C)c(NC(=O)CSc2nnnn2C2CCCCC2)c(C)c1. The Morgan fingerprint density at radius 2 is 1.88 bits per heavy atom. The molecule has 7 heteroatoms. The van der Waals surface area contributed by atoms with Crippen molar-refractivity contribution in [1.29, 1.82) is 0 Å². The lowest BCUT2D eigenvalue weighted by atomic mass is 9.96. The lowest BCUT2D eigenvalue weighted by Crippen LogP contribution is -2.18. The molecular weight excluding hydrogens is 334 g/mol. The van der Waals surface area contributed by atoms with Crippen molar-refractivity contribution in [2.45, 2.75) is 64.1 Å². The van der Waals surface area contributed by atoms with Crippen molar-refractivity contribution in [3.05, 3.63) is 28.8 Å². The zero-order valence-corrected chi connectivity index (χ0v) is 15.9. The predicted molar refractivity (Wildman–Crippen MR) is 99.9 cm³/mol. The van der Waals surface area contributed by atoms with Gasteiger partial charge in [-0.3, -0.25) is 4.79 Å². The molecule has 1 saturated carbocycles. The van der Waals surface area contributed by atoms with Gasteiger partial charge in [-0.05, 0) is 55.2 Å². The van der Waals surface area contributed by atoms with E-state index in [1.54, 1.807) is 0 Å². The molecule has 1 N–H and O–H groups in total. The van der Waals surface area contributed by atoms with Crippen molar-refractivity contribution in [3.63, 3.8) is 0 Å². The minimum Gasteiger partial charge on any atom is -0.325 e. The number of aryl methyl sites for hydroxylation is 3. The van der Waals surface area contributed by atoms with Crippen LogP contribution in [0.4, 0.5) is 5.69 Å². The molecule has 6 nitrogen and oxygen atoms in total. The van der Waals surface area contributed by atoms with Gasteiger partial charge in [0.1, 0.15) is 0 Å². The first kappa shape index (κ1) is 17.9. The molecule has 0 spiro atoms. The highest BCUT2D eigenvalue weighted by Gasteiger charge is 2.21. The van der Waals surface area contributed by atoms with E-state index in [2.05, 4.69) is 39.9 Å². The van der Waals surface area contributed by atoms with Crippen molar-refractivity contribution in [2.75, 3.05) is 11.1 Å². The molecule has 1 fully saturated rings. The maximum absolute atomic E-state index is 12.4. The van der Waals surface area contributed by atoms with Crippen molar-refractivity contribution < 1.29 is 4.79 Å². The zero-order chi connectivity index (χ0) is 17.8. The Balaban J connectivity index is 1.61. The minimum absolute atomic E-state index is 0.0294. The molecule has 3 rings (SSSR count). The highest BCUT2D eigenvalue weighted by molar-refractivity contribution is 7.99. The van der Waals surface area contributed by atoms with Gasteiger partial charge in [-0.1, -0.05) is 48.7 Å². The molecule has 0 radical (unpaired) electrons. The second-order valence-corrected chi connectivity index (χ2v) is 7.75. The Hall–Kier alpha value is -1.89. The van der Waals surface area contributed by atoms with E-state index in [1.807, 2.05) is 18.5 Å². The first-order chi connectivity index (χ1) is 12.0. The fourth-order valence-corrected chi connectivity index (χ4v) is 4.26. The van der Waals surface area contributed by atoms with Crippen LogP contribution in [0.5, 0.6) is 0 Å². The van der Waals surface area contributed by atoms with E-state index in [1.165, 1.54) is 36.6 Å². The number of rotatable bonds is 5. The summed E-state index contributed by atoms with van der Waals surface area (Å²) >= 11 is 1.40. The monoisotopic (exact) mass is 359 g/mol. The molecule has 1 heterocycles. The lowest BCUT2D eigenvalue weighted by molar-refractivity contribution is -0.113. The summed E-state index contributed by atoms with van der Waals surface area (Å²) in [5.41, 5.74) is 4.28. The third kappa shape index (κ3) is 4.39. The first-order valence-electron chi connectivity index (χ1n) is 8.83. The molecule has 134 valence electrons. The Bertz CT molecular complexity index is 729. The number of nitrogens with one attached hydrogen (secondary N) is 1. The topological polar surface area (TPSA) is 72.7 Å². The van der Waals surface area contributed by atoms with Gasteiger partial charge in [0.25, 0.3) is 0 Å². The summed E-state index contributed by atoms with van der Waals surface area (Å²) in [4.78, 5) is 12.4. The van der Waals surface area contributed by atoms with E-state index in [0.717, 1.165) is 34.8 Å². The lowest BCUT2D eigenvalue weighted by Gasteiger charge is -2.21. The van der Waals surface area contributed by atoms with Crippen molar-refractivity contribution in [1.82, 2.24) is 20.2 Å². The van der Waals surface area contributed by atoms with E-state index in [-0.39, 0.29) is 5.91 Å². The second kappa shape index (κ2) is 7.99. The van der Waals surface area contributed by atoms with Crippen LogP contribution in [0.15, 0.2) is 17.3 Å². The average Bonchev–Trinajstić information content (AvgIpc) is 3.05. The molecular formula is C18H25N5OS. The number of anilines is 1. The molecule has 1 aliphatic rings. The third-order valence-corrected chi connectivity index (χ3v) is 5.59. The number of aromatic nitrogens is 4. The summed E-state index contributed by atoms with van der Waals surface area (Å²) in [6.07, 6.45) is 5.97. The molecule has 2 aromatic rings. The molecule has 0 unspecified atom stereocenters. The Morgan fingerprint density at radius 3 is 2.56 bits per heavy atom. The largest absolute Gasteiger partial charge is 0.325 e. The average molecular weight is 359 g/mol. The van der Waals surface area contributed by atoms with E-state index < -0.39 is 0 Å². The van der Waals surface area contributed by atoms with Crippen LogP contribution in [0, 0.1) is 20.8 Å². The predicted octanol–water partition coefficient (Wildman–Crippen LogP) is 3.83. The van der Waals surface area contributed by atoms with Gasteiger partial charge < -0.3 is 5.32 Å². The van der Waals surface area contributed by atoms with Gasteiger partial charge in [-0.15, -0.1) is 5.10 Å². The van der Waals surface area contributed by atoms with Crippen LogP contribution in [0.25, 0.3) is 0 Å². The number of benzene rings is 1. The first-order valence-corrected chi connectivity index (χ1v) is 9.81. The van der Waals surface area contributed by atoms with E-state index in [9.17, 15) is 4.79 Å². The van der Waals surface area contributed by atoms with Crippen LogP contribution in [-0.2, 0) is 4.79 Å². The van der Waals surface area contributed by atoms with E-state index in [0.29, 0.717) is 11.8 Å². The van der Waals surface area contributed by atoms with Gasteiger partial charge in [0.15, 0.2) is 0 Å². The molecule has 0 atom stereocenters. The van der Waals surface area contributed by atoms with Gasteiger partial charge in [-0.25, -0.2) is 4.68 Å². The minimum atomic E-state index is -0.0294. The standard InChI is InChI=1S/C18H25N5OS/c1-12-9-13(2)17(14(3)10-12)19-16(24)11-25-18-20-21-22-23(18)15-7-5-4-6-8-15/h9-10,15H,4-8,11H2,1-3H3,(H,19,24). The van der Waals surface area contributed by atoms with Crippen LogP contribution in [0.3, 0.4) is 0 Å². The maximum atomic E-state index is 12.4. The molecule has 1 aromatic heterocycles. The van der Waals surface area contributed by atoms with Crippen LogP contribution < -0.4 is 5.32 Å². The quantitative estimate of drug-likeness (QED) is 0.821. The van der Waals surface area contributed by atoms with Gasteiger partial charge in [0, 0.05) is 5.69 Å². The molecule has 1 aliphatic carbocycles. The van der Waals surface area contributed by atoms with E-state index in [4.69, 9.17) is 0 Å². The summed E-state index contributed by atoms with van der Waals surface area (Å²) in [7, 11) is 0. The normalized spacial score (nSPS) is 15.3. The molecule has 0 saturated heterocycles. The molecule has 25 heavy (non-hydrogen) atoms. The van der Waals surface area contributed by atoms with Gasteiger partial charge in [0.2, 0.25) is 11.1 Å². The maximum Gasteiger partial charge on any atom is 0.234 e. The van der Waals surface area contributed by atoms with Crippen LogP contribution in [0.1, 0.15) is 54.8 Å². The number of carbonyl (C=O) groups excluding carboxylic acids is 1. The Labute approximate surface area is 152 Å². The number of nitrogens with zero attached hydrogens (tertiary/aromatic N) is 4. The molecule has 1 aromatic carbocycles. The molecule has 0 aliphatic heterocycles. The van der Waals surface area contributed by atoms with Gasteiger partial charge in [0.05, 0.1) is 11.8 Å². The Morgan fingerprint density at radius 1 is 1.20 bits per heavy atom. The number of amides is 1. The number of thioether (sulfide) groups is 1. The second-order valence-electron chi connectivity index (χ2n) is 6.81. The van der Waals surface area contributed by atoms with Crippen molar-refractivity contribution in [3.8, 4) is 0 Å². The van der Waals surface area contributed by atoms with Gasteiger partial charge in [-0.2, -0.15) is 0 Å². The number of tetrazole rings is 1. The summed E-state index contributed by atoms with van der Waals surface area (Å²) in [5.74, 6) is 0.276. The molecule has 0 bridgehead atoms. The summed E-state index contributed by atoms with van der Waals surface area (Å²) in [6, 6.07) is 4.54. The van der Waals surface area contributed by atoms with Crippen molar-refractivity contribution >= 4 is 23.4 Å². The summed E-state index contributed by atoms with van der Waals surface area (Å²) < 4.78 is 1.90. The fraction of sp³-hybridized carbons (Fsp3) is 0.556. The smallest absolute Gasteiger partial charge is 0.234 e. The van der Waals surface area contributed by atoms with Crippen LogP contribution in [0.2, 0.25) is 0 Å². The summed E-state index contributed by atoms with van der Waals surface area (Å²) in [6.45, 7) is 6.10. The highest BCUT2D eigenvalue weighted by atomic mass is 32.2. The number of hydrogen-bond donors (Lipinski definition) is 1.